The predicted molar refractivity (Wildman–Crippen MR) is 132 cm³/mol. The van der Waals surface area contributed by atoms with Gasteiger partial charge in [0.1, 0.15) is 6.61 Å². The van der Waals surface area contributed by atoms with Gasteiger partial charge in [0, 0.05) is 17.5 Å². The quantitative estimate of drug-likeness (QED) is 0.392. The standard InChI is InChI=1S/C30H27F2NO2/c31-29(32)27-15-6-1-10-22(27)19-16-20-8-7-9-21(17-19)33(20)30(34)35-18-28-25-13-4-2-11-23(25)24-12-3-5-14-26(24)28/h1-6,10-16,20-21,28-29H,7-9,17-18H2. The molecule has 1 saturated heterocycles. The molecule has 2 aliphatic heterocycles. The molecule has 2 atom stereocenters. The summed E-state index contributed by atoms with van der Waals surface area (Å²) in [4.78, 5) is 15.2. The first-order valence-electron chi connectivity index (χ1n) is 12.3. The number of piperidine rings is 1. The Morgan fingerprint density at radius 3 is 2.17 bits per heavy atom. The number of benzene rings is 3. The van der Waals surface area contributed by atoms with E-state index in [0.29, 0.717) is 12.0 Å². The van der Waals surface area contributed by atoms with E-state index in [9.17, 15) is 13.6 Å². The van der Waals surface area contributed by atoms with Gasteiger partial charge in [0.25, 0.3) is 6.43 Å². The molecule has 1 amide bonds. The Kier molecular flexibility index (Phi) is 5.63. The van der Waals surface area contributed by atoms with Crippen LogP contribution in [-0.4, -0.2) is 29.7 Å². The largest absolute Gasteiger partial charge is 0.448 e. The maximum atomic E-state index is 13.6. The molecule has 2 bridgehead atoms. The monoisotopic (exact) mass is 471 g/mol. The van der Waals surface area contributed by atoms with Crippen LogP contribution in [0.15, 0.2) is 78.9 Å². The lowest BCUT2D eigenvalue weighted by Crippen LogP contribution is -2.52. The van der Waals surface area contributed by atoms with E-state index in [2.05, 4.69) is 24.3 Å². The number of halogens is 2. The van der Waals surface area contributed by atoms with Crippen molar-refractivity contribution < 1.29 is 18.3 Å². The molecule has 6 rings (SSSR count). The van der Waals surface area contributed by atoms with Crippen molar-refractivity contribution in [3.05, 3.63) is 101 Å². The fourth-order valence-corrected chi connectivity index (χ4v) is 6.16. The molecule has 3 nitrogen and oxygen atoms in total. The van der Waals surface area contributed by atoms with Crippen molar-refractivity contribution in [2.45, 2.75) is 50.1 Å². The molecule has 5 heteroatoms. The topological polar surface area (TPSA) is 29.5 Å². The molecule has 0 spiro atoms. The summed E-state index contributed by atoms with van der Waals surface area (Å²) in [6, 6.07) is 23.1. The highest BCUT2D eigenvalue weighted by Crippen LogP contribution is 2.45. The van der Waals surface area contributed by atoms with E-state index in [1.165, 1.54) is 28.3 Å². The van der Waals surface area contributed by atoms with Gasteiger partial charge in [-0.3, -0.25) is 4.90 Å². The SMILES string of the molecule is O=C(OCC1c2ccccc2-c2ccccc21)N1C2C=C(c3ccccc3C(F)F)CC1CCC2. The van der Waals surface area contributed by atoms with Crippen LogP contribution in [0.1, 0.15) is 60.3 Å². The highest BCUT2D eigenvalue weighted by atomic mass is 19.3. The fourth-order valence-electron chi connectivity index (χ4n) is 6.16. The minimum absolute atomic E-state index is 0.0139. The summed E-state index contributed by atoms with van der Waals surface area (Å²) in [6.07, 6.45) is 2.45. The maximum absolute atomic E-state index is 13.6. The van der Waals surface area contributed by atoms with Gasteiger partial charge in [0.05, 0.1) is 6.04 Å². The number of rotatable bonds is 4. The summed E-state index contributed by atoms with van der Waals surface area (Å²) >= 11 is 0. The molecule has 0 aromatic heterocycles. The Bertz CT molecular complexity index is 1260. The van der Waals surface area contributed by atoms with Gasteiger partial charge in [0.2, 0.25) is 0 Å². The van der Waals surface area contributed by atoms with Crippen molar-refractivity contribution in [2.75, 3.05) is 6.61 Å². The number of carbonyl (C=O) groups excluding carboxylic acids is 1. The zero-order valence-corrected chi connectivity index (χ0v) is 19.4. The fraction of sp³-hybridized carbons (Fsp3) is 0.300. The molecule has 35 heavy (non-hydrogen) atoms. The molecule has 178 valence electrons. The summed E-state index contributed by atoms with van der Waals surface area (Å²) in [6.45, 7) is 0.285. The number of hydrogen-bond donors (Lipinski definition) is 0. The first kappa shape index (κ1) is 22.0. The molecule has 1 aliphatic carbocycles. The summed E-state index contributed by atoms with van der Waals surface area (Å²) in [5.74, 6) is 0.0139. The van der Waals surface area contributed by atoms with E-state index in [4.69, 9.17) is 4.74 Å². The Balaban J connectivity index is 1.23. The summed E-state index contributed by atoms with van der Waals surface area (Å²) in [5, 5.41) is 0. The molecule has 3 aromatic carbocycles. The second-order valence-electron chi connectivity index (χ2n) is 9.65. The molecule has 1 fully saturated rings. The number of nitrogens with zero attached hydrogens (tertiary/aromatic N) is 1. The van der Waals surface area contributed by atoms with Crippen LogP contribution in [0.25, 0.3) is 16.7 Å². The van der Waals surface area contributed by atoms with E-state index >= 15 is 0 Å². The van der Waals surface area contributed by atoms with Gasteiger partial charge in [-0.05, 0) is 59.1 Å². The minimum Gasteiger partial charge on any atom is -0.448 e. The number of carbonyl (C=O) groups is 1. The first-order valence-corrected chi connectivity index (χ1v) is 12.3. The predicted octanol–water partition coefficient (Wildman–Crippen LogP) is 7.58. The van der Waals surface area contributed by atoms with E-state index in [1.807, 2.05) is 35.2 Å². The third-order valence-electron chi connectivity index (χ3n) is 7.73. The molecular weight excluding hydrogens is 444 g/mol. The lowest BCUT2D eigenvalue weighted by atomic mass is 9.82. The van der Waals surface area contributed by atoms with Crippen LogP contribution in [0.3, 0.4) is 0 Å². The average Bonchev–Trinajstić information content (AvgIpc) is 3.20. The van der Waals surface area contributed by atoms with Crippen molar-refractivity contribution in [2.24, 2.45) is 0 Å². The third kappa shape index (κ3) is 3.83. The van der Waals surface area contributed by atoms with Gasteiger partial charge < -0.3 is 4.74 Å². The maximum Gasteiger partial charge on any atom is 0.410 e. The van der Waals surface area contributed by atoms with E-state index in [0.717, 1.165) is 24.8 Å². The van der Waals surface area contributed by atoms with Crippen molar-refractivity contribution in [3.63, 3.8) is 0 Å². The van der Waals surface area contributed by atoms with Gasteiger partial charge in [-0.1, -0.05) is 78.9 Å². The van der Waals surface area contributed by atoms with Gasteiger partial charge >= 0.3 is 6.09 Å². The second-order valence-corrected chi connectivity index (χ2v) is 9.65. The molecule has 2 heterocycles. The van der Waals surface area contributed by atoms with Crippen molar-refractivity contribution in [3.8, 4) is 11.1 Å². The van der Waals surface area contributed by atoms with Gasteiger partial charge in [-0.25, -0.2) is 13.6 Å². The Morgan fingerprint density at radius 2 is 1.51 bits per heavy atom. The first-order chi connectivity index (χ1) is 17.1. The number of fused-ring (bicyclic) bond motifs is 5. The highest BCUT2D eigenvalue weighted by Gasteiger charge is 2.39. The van der Waals surface area contributed by atoms with Crippen LogP contribution in [0.2, 0.25) is 0 Å². The smallest absolute Gasteiger partial charge is 0.410 e. The van der Waals surface area contributed by atoms with Crippen LogP contribution in [0.4, 0.5) is 13.6 Å². The molecule has 3 aliphatic rings. The molecular formula is C30H27F2NO2. The molecule has 0 N–H and O–H groups in total. The normalized spacial score (nSPS) is 20.9. The lowest BCUT2D eigenvalue weighted by Gasteiger charge is -2.44. The Hall–Kier alpha value is -3.47. The number of ether oxygens (including phenoxy) is 1. The minimum atomic E-state index is -2.52. The zero-order valence-electron chi connectivity index (χ0n) is 19.4. The van der Waals surface area contributed by atoms with Gasteiger partial charge in [-0.15, -0.1) is 0 Å². The average molecular weight is 472 g/mol. The molecule has 0 saturated carbocycles. The van der Waals surface area contributed by atoms with Crippen molar-refractivity contribution in [1.29, 1.82) is 0 Å². The highest BCUT2D eigenvalue weighted by molar-refractivity contribution is 5.79. The van der Waals surface area contributed by atoms with Crippen LogP contribution in [-0.2, 0) is 4.74 Å². The molecule has 0 radical (unpaired) electrons. The number of alkyl halides is 2. The van der Waals surface area contributed by atoms with E-state index < -0.39 is 6.43 Å². The van der Waals surface area contributed by atoms with Gasteiger partial charge in [-0.2, -0.15) is 0 Å². The Labute approximate surface area is 204 Å². The summed E-state index contributed by atoms with van der Waals surface area (Å²) in [5.41, 5.74) is 6.35. The van der Waals surface area contributed by atoms with Crippen molar-refractivity contribution in [1.82, 2.24) is 4.90 Å². The van der Waals surface area contributed by atoms with Crippen LogP contribution in [0, 0.1) is 0 Å². The number of amides is 1. The third-order valence-corrected chi connectivity index (χ3v) is 7.73. The van der Waals surface area contributed by atoms with Crippen LogP contribution >= 0.6 is 0 Å². The zero-order chi connectivity index (χ0) is 23.9. The molecule has 2 unspecified atom stereocenters. The van der Waals surface area contributed by atoms with E-state index in [-0.39, 0.29) is 36.3 Å². The lowest BCUT2D eigenvalue weighted by molar-refractivity contribution is 0.0538. The van der Waals surface area contributed by atoms with Crippen LogP contribution in [0.5, 0.6) is 0 Å². The second kappa shape index (κ2) is 8.95. The Morgan fingerprint density at radius 1 is 0.886 bits per heavy atom. The van der Waals surface area contributed by atoms with Crippen LogP contribution < -0.4 is 0 Å². The number of hydrogen-bond acceptors (Lipinski definition) is 2. The van der Waals surface area contributed by atoms with Gasteiger partial charge in [0.15, 0.2) is 0 Å². The van der Waals surface area contributed by atoms with Crippen molar-refractivity contribution >= 4 is 11.7 Å². The van der Waals surface area contributed by atoms with E-state index in [1.54, 1.807) is 18.2 Å². The molecule has 3 aromatic rings. The summed E-state index contributed by atoms with van der Waals surface area (Å²) < 4.78 is 33.2. The summed E-state index contributed by atoms with van der Waals surface area (Å²) in [7, 11) is 0.